The van der Waals surface area contributed by atoms with E-state index in [0.717, 1.165) is 12.5 Å². The van der Waals surface area contributed by atoms with Gasteiger partial charge in [-0.15, -0.1) is 6.42 Å². The molecule has 2 fully saturated rings. The SMILES string of the molecule is C#CC(CCC)NC1CCN2CCCC12. The highest BCUT2D eigenvalue weighted by Crippen LogP contribution is 2.28. The van der Waals surface area contributed by atoms with E-state index in [-0.39, 0.29) is 0 Å². The van der Waals surface area contributed by atoms with E-state index in [1.54, 1.807) is 0 Å². The zero-order chi connectivity index (χ0) is 10.7. The van der Waals surface area contributed by atoms with Gasteiger partial charge in [-0.05, 0) is 32.2 Å². The second kappa shape index (κ2) is 5.01. The summed E-state index contributed by atoms with van der Waals surface area (Å²) in [4.78, 5) is 2.62. The lowest BCUT2D eigenvalue weighted by molar-refractivity contribution is 0.293. The molecule has 3 unspecified atom stereocenters. The van der Waals surface area contributed by atoms with Crippen LogP contribution in [0.15, 0.2) is 0 Å². The van der Waals surface area contributed by atoms with Crippen molar-refractivity contribution in [2.24, 2.45) is 0 Å². The minimum Gasteiger partial charge on any atom is -0.299 e. The van der Waals surface area contributed by atoms with E-state index in [2.05, 4.69) is 23.1 Å². The average Bonchev–Trinajstić information content (AvgIpc) is 2.81. The molecule has 84 valence electrons. The van der Waals surface area contributed by atoms with Crippen LogP contribution in [0.25, 0.3) is 0 Å². The first-order valence-corrected chi connectivity index (χ1v) is 6.31. The Morgan fingerprint density at radius 1 is 1.47 bits per heavy atom. The fourth-order valence-electron chi connectivity index (χ4n) is 3.04. The van der Waals surface area contributed by atoms with E-state index in [4.69, 9.17) is 6.42 Å². The molecule has 0 radical (unpaired) electrons. The summed E-state index contributed by atoms with van der Waals surface area (Å²) in [6.45, 7) is 4.77. The second-order valence-corrected chi connectivity index (χ2v) is 4.82. The second-order valence-electron chi connectivity index (χ2n) is 4.82. The molecule has 2 rings (SSSR count). The number of hydrogen-bond acceptors (Lipinski definition) is 2. The molecule has 0 saturated carbocycles. The molecule has 1 N–H and O–H groups in total. The largest absolute Gasteiger partial charge is 0.299 e. The van der Waals surface area contributed by atoms with Crippen molar-refractivity contribution < 1.29 is 0 Å². The van der Waals surface area contributed by atoms with Crippen molar-refractivity contribution in [3.8, 4) is 12.3 Å². The summed E-state index contributed by atoms with van der Waals surface area (Å²) in [5.41, 5.74) is 0. The van der Waals surface area contributed by atoms with Crippen molar-refractivity contribution >= 4 is 0 Å². The highest BCUT2D eigenvalue weighted by atomic mass is 15.2. The summed E-state index contributed by atoms with van der Waals surface area (Å²) < 4.78 is 0. The highest BCUT2D eigenvalue weighted by molar-refractivity contribution is 5.04. The fraction of sp³-hybridized carbons (Fsp3) is 0.846. The minimum absolute atomic E-state index is 0.292. The van der Waals surface area contributed by atoms with E-state index < -0.39 is 0 Å². The topological polar surface area (TPSA) is 15.3 Å². The third-order valence-corrected chi connectivity index (χ3v) is 3.80. The van der Waals surface area contributed by atoms with E-state index in [1.165, 1.54) is 38.8 Å². The number of terminal acetylenes is 1. The summed E-state index contributed by atoms with van der Waals surface area (Å²) in [6, 6.07) is 1.72. The zero-order valence-electron chi connectivity index (χ0n) is 9.71. The van der Waals surface area contributed by atoms with Crippen LogP contribution in [0, 0.1) is 12.3 Å². The summed E-state index contributed by atoms with van der Waals surface area (Å²) >= 11 is 0. The van der Waals surface area contributed by atoms with Crippen molar-refractivity contribution in [1.29, 1.82) is 0 Å². The van der Waals surface area contributed by atoms with Gasteiger partial charge in [-0.3, -0.25) is 10.2 Å². The maximum absolute atomic E-state index is 5.55. The Kier molecular flexibility index (Phi) is 3.66. The quantitative estimate of drug-likeness (QED) is 0.703. The van der Waals surface area contributed by atoms with Crippen LogP contribution in [-0.2, 0) is 0 Å². The molecule has 2 heteroatoms. The van der Waals surface area contributed by atoms with E-state index in [9.17, 15) is 0 Å². The highest BCUT2D eigenvalue weighted by Gasteiger charge is 2.37. The Bertz CT molecular complexity index is 243. The summed E-state index contributed by atoms with van der Waals surface area (Å²) in [7, 11) is 0. The number of hydrogen-bond donors (Lipinski definition) is 1. The van der Waals surface area contributed by atoms with Gasteiger partial charge in [0.1, 0.15) is 0 Å². The van der Waals surface area contributed by atoms with Gasteiger partial charge in [0.15, 0.2) is 0 Å². The first-order valence-electron chi connectivity index (χ1n) is 6.31. The van der Waals surface area contributed by atoms with Gasteiger partial charge in [-0.25, -0.2) is 0 Å². The molecule has 2 nitrogen and oxygen atoms in total. The molecular weight excluding hydrogens is 184 g/mol. The van der Waals surface area contributed by atoms with Crippen molar-refractivity contribution in [1.82, 2.24) is 10.2 Å². The maximum Gasteiger partial charge on any atom is 0.0689 e. The maximum atomic E-state index is 5.55. The molecule has 0 aromatic heterocycles. The number of nitrogens with zero attached hydrogens (tertiary/aromatic N) is 1. The van der Waals surface area contributed by atoms with Gasteiger partial charge < -0.3 is 0 Å². The van der Waals surface area contributed by atoms with Crippen molar-refractivity contribution in [2.75, 3.05) is 13.1 Å². The van der Waals surface area contributed by atoms with E-state index >= 15 is 0 Å². The van der Waals surface area contributed by atoms with Gasteiger partial charge in [0.25, 0.3) is 0 Å². The lowest BCUT2D eigenvalue weighted by Gasteiger charge is -2.24. The first-order chi connectivity index (χ1) is 7.35. The van der Waals surface area contributed by atoms with Crippen molar-refractivity contribution in [3.63, 3.8) is 0 Å². The monoisotopic (exact) mass is 206 g/mol. The smallest absolute Gasteiger partial charge is 0.0689 e. The molecule has 2 aliphatic heterocycles. The molecule has 2 aliphatic rings. The van der Waals surface area contributed by atoms with Gasteiger partial charge in [0.2, 0.25) is 0 Å². The Morgan fingerprint density at radius 3 is 3.07 bits per heavy atom. The van der Waals surface area contributed by atoms with Gasteiger partial charge in [-0.1, -0.05) is 19.3 Å². The first kappa shape index (κ1) is 11.0. The lowest BCUT2D eigenvalue weighted by atomic mass is 10.0. The van der Waals surface area contributed by atoms with E-state index in [1.807, 2.05) is 0 Å². The van der Waals surface area contributed by atoms with Crippen LogP contribution in [-0.4, -0.2) is 36.1 Å². The van der Waals surface area contributed by atoms with Gasteiger partial charge in [-0.2, -0.15) is 0 Å². The Balaban J connectivity index is 1.86. The molecule has 2 saturated heterocycles. The molecule has 0 amide bonds. The Morgan fingerprint density at radius 2 is 2.33 bits per heavy atom. The fourth-order valence-corrected chi connectivity index (χ4v) is 3.04. The van der Waals surface area contributed by atoms with Crippen LogP contribution in [0.5, 0.6) is 0 Å². The third kappa shape index (κ3) is 2.35. The molecular formula is C13H22N2. The van der Waals surface area contributed by atoms with Crippen LogP contribution in [0.3, 0.4) is 0 Å². The lowest BCUT2D eigenvalue weighted by Crippen LogP contribution is -2.44. The zero-order valence-corrected chi connectivity index (χ0v) is 9.71. The van der Waals surface area contributed by atoms with Gasteiger partial charge in [0, 0.05) is 18.6 Å². The third-order valence-electron chi connectivity index (χ3n) is 3.80. The molecule has 3 atom stereocenters. The molecule has 0 aliphatic carbocycles. The normalized spacial score (nSPS) is 32.5. The van der Waals surface area contributed by atoms with Gasteiger partial charge in [0.05, 0.1) is 6.04 Å². The standard InChI is InChI=1S/C13H22N2/c1-3-6-11(4-2)14-12-8-10-15-9-5-7-13(12)15/h2,11-14H,3,5-10H2,1H3. The Labute approximate surface area is 93.4 Å². The average molecular weight is 206 g/mol. The summed E-state index contributed by atoms with van der Waals surface area (Å²) in [6.07, 6.45) is 11.8. The molecule has 2 heterocycles. The molecule has 0 bridgehead atoms. The van der Waals surface area contributed by atoms with Crippen LogP contribution in [0.4, 0.5) is 0 Å². The van der Waals surface area contributed by atoms with Gasteiger partial charge >= 0.3 is 0 Å². The number of nitrogens with one attached hydrogen (secondary N) is 1. The predicted molar refractivity (Wildman–Crippen MR) is 63.7 cm³/mol. The number of rotatable bonds is 4. The van der Waals surface area contributed by atoms with Crippen LogP contribution in [0.2, 0.25) is 0 Å². The van der Waals surface area contributed by atoms with Crippen molar-refractivity contribution in [2.45, 2.75) is 57.2 Å². The Hall–Kier alpha value is -0.520. The number of fused-ring (bicyclic) bond motifs is 1. The molecule has 0 aromatic carbocycles. The molecule has 0 spiro atoms. The molecule has 15 heavy (non-hydrogen) atoms. The van der Waals surface area contributed by atoms with Crippen LogP contribution < -0.4 is 5.32 Å². The summed E-state index contributed by atoms with van der Waals surface area (Å²) in [5, 5.41) is 3.66. The predicted octanol–water partition coefficient (Wildman–Crippen LogP) is 1.61. The van der Waals surface area contributed by atoms with E-state index in [0.29, 0.717) is 12.1 Å². The summed E-state index contributed by atoms with van der Waals surface area (Å²) in [5.74, 6) is 2.88. The van der Waals surface area contributed by atoms with Crippen LogP contribution >= 0.6 is 0 Å². The molecule has 0 aromatic rings. The minimum atomic E-state index is 0.292. The van der Waals surface area contributed by atoms with Crippen molar-refractivity contribution in [3.05, 3.63) is 0 Å². The van der Waals surface area contributed by atoms with Crippen LogP contribution in [0.1, 0.15) is 39.0 Å².